The highest BCUT2D eigenvalue weighted by molar-refractivity contribution is 7.84. The van der Waals surface area contributed by atoms with E-state index in [9.17, 15) is 4.21 Å². The molecule has 2 aliphatic rings. The monoisotopic (exact) mass is 328 g/mol. The first-order valence-electron chi connectivity index (χ1n) is 7.96. The number of nitrogens with zero attached hydrogens (tertiary/aromatic N) is 1. The lowest BCUT2D eigenvalue weighted by molar-refractivity contribution is 0.279. The molecule has 1 aliphatic heterocycles. The fourth-order valence-corrected chi connectivity index (χ4v) is 3.96. The quantitative estimate of drug-likeness (QED) is 0.915. The van der Waals surface area contributed by atoms with Gasteiger partial charge in [-0.2, -0.15) is 0 Å². The van der Waals surface area contributed by atoms with E-state index in [0.29, 0.717) is 0 Å². The summed E-state index contributed by atoms with van der Waals surface area (Å²) in [4.78, 5) is 5.31. The summed E-state index contributed by atoms with van der Waals surface area (Å²) in [5.41, 5.74) is 1.92. The highest BCUT2D eigenvalue weighted by atomic mass is 32.2. The zero-order valence-electron chi connectivity index (χ0n) is 13.1. The predicted octanol–water partition coefficient (Wildman–Crippen LogP) is 2.33. The number of fused-ring (bicyclic) bond motifs is 1. The van der Waals surface area contributed by atoms with Gasteiger partial charge in [0.15, 0.2) is 0 Å². The second-order valence-corrected chi connectivity index (χ2v) is 7.70. The molecule has 1 N–H and O–H groups in total. The van der Waals surface area contributed by atoms with Gasteiger partial charge in [0, 0.05) is 33.4 Å². The predicted molar refractivity (Wildman–Crippen MR) is 90.8 cm³/mol. The van der Waals surface area contributed by atoms with Crippen LogP contribution in [0.2, 0.25) is 0 Å². The first kappa shape index (κ1) is 14.8. The second kappa shape index (κ2) is 6.06. The number of nitrogens with one attached hydrogen (secondary N) is 1. The summed E-state index contributed by atoms with van der Waals surface area (Å²) in [6.45, 7) is 3.10. The molecule has 2 fully saturated rings. The van der Waals surface area contributed by atoms with Crippen LogP contribution in [-0.4, -0.2) is 35.1 Å². The Labute approximate surface area is 138 Å². The summed E-state index contributed by atoms with van der Waals surface area (Å²) in [5.74, 6) is 3.20. The number of hydrogen-bond donors (Lipinski definition) is 1. The maximum atomic E-state index is 11.4. The first-order chi connectivity index (χ1) is 11.2. The lowest BCUT2D eigenvalue weighted by Gasteiger charge is -2.08. The molecule has 2 aromatic rings. The van der Waals surface area contributed by atoms with E-state index >= 15 is 0 Å². The minimum Gasteiger partial charge on any atom is -0.492 e. The second-order valence-electron chi connectivity index (χ2n) is 6.32. The lowest BCUT2D eigenvalue weighted by Crippen LogP contribution is -2.17. The van der Waals surface area contributed by atoms with Crippen LogP contribution in [0.1, 0.15) is 0 Å². The molecule has 2 heterocycles. The number of pyridine rings is 1. The minimum absolute atomic E-state index is 0.721. The largest absolute Gasteiger partial charge is 0.492 e. The highest BCUT2D eigenvalue weighted by Crippen LogP contribution is 2.48. The third-order valence-corrected chi connectivity index (χ3v) is 5.87. The summed E-state index contributed by atoms with van der Waals surface area (Å²) in [6, 6.07) is 11.6. The molecule has 0 spiro atoms. The average Bonchev–Trinajstić information content (AvgIpc) is 3.01. The molecule has 3 atom stereocenters. The van der Waals surface area contributed by atoms with Crippen molar-refractivity contribution in [3.63, 3.8) is 0 Å². The van der Waals surface area contributed by atoms with E-state index < -0.39 is 10.8 Å². The SMILES string of the molecule is CS(=O)c1ccc(-c2ccc(OCC3C4CNCC43)cn2)cc1. The smallest absolute Gasteiger partial charge is 0.137 e. The number of piperidine rings is 1. The van der Waals surface area contributed by atoms with Crippen LogP contribution in [0.25, 0.3) is 11.3 Å². The maximum absolute atomic E-state index is 11.4. The Bertz CT molecular complexity index is 705. The van der Waals surface area contributed by atoms with Crippen molar-refractivity contribution in [2.45, 2.75) is 4.90 Å². The van der Waals surface area contributed by atoms with Crippen LogP contribution < -0.4 is 10.1 Å². The Kier molecular flexibility index (Phi) is 3.91. The molecule has 5 heteroatoms. The molecule has 0 bridgehead atoms. The Morgan fingerprint density at radius 1 is 1.17 bits per heavy atom. The van der Waals surface area contributed by atoms with Crippen molar-refractivity contribution in [1.82, 2.24) is 10.3 Å². The molecule has 4 rings (SSSR count). The number of rotatable bonds is 5. The van der Waals surface area contributed by atoms with E-state index in [1.807, 2.05) is 36.4 Å². The maximum Gasteiger partial charge on any atom is 0.137 e. The number of aromatic nitrogens is 1. The number of ether oxygens (including phenoxy) is 1. The summed E-state index contributed by atoms with van der Waals surface area (Å²) >= 11 is 0. The molecule has 120 valence electrons. The highest BCUT2D eigenvalue weighted by Gasteiger charge is 2.52. The van der Waals surface area contributed by atoms with Crippen molar-refractivity contribution < 1.29 is 8.95 Å². The van der Waals surface area contributed by atoms with Gasteiger partial charge < -0.3 is 10.1 Å². The fourth-order valence-electron chi connectivity index (χ4n) is 3.44. The third kappa shape index (κ3) is 3.03. The van der Waals surface area contributed by atoms with Crippen LogP contribution in [-0.2, 0) is 10.8 Å². The van der Waals surface area contributed by atoms with Crippen LogP contribution in [0.4, 0.5) is 0 Å². The van der Waals surface area contributed by atoms with Gasteiger partial charge in [0.1, 0.15) is 5.75 Å². The molecule has 23 heavy (non-hydrogen) atoms. The summed E-state index contributed by atoms with van der Waals surface area (Å²) in [5, 5.41) is 3.40. The molecule has 1 aliphatic carbocycles. The van der Waals surface area contributed by atoms with Crippen molar-refractivity contribution in [1.29, 1.82) is 0 Å². The van der Waals surface area contributed by atoms with Gasteiger partial charge in [-0.3, -0.25) is 9.19 Å². The van der Waals surface area contributed by atoms with E-state index in [1.54, 1.807) is 12.5 Å². The van der Waals surface area contributed by atoms with Crippen molar-refractivity contribution in [3.8, 4) is 17.0 Å². The molecular formula is C18H20N2O2S. The van der Waals surface area contributed by atoms with Gasteiger partial charge in [-0.15, -0.1) is 0 Å². The number of hydrogen-bond acceptors (Lipinski definition) is 4. The summed E-state index contributed by atoms with van der Waals surface area (Å²) in [6.07, 6.45) is 3.47. The molecule has 4 nitrogen and oxygen atoms in total. The average molecular weight is 328 g/mol. The molecule has 0 radical (unpaired) electrons. The van der Waals surface area contributed by atoms with Gasteiger partial charge in [0.2, 0.25) is 0 Å². The Morgan fingerprint density at radius 2 is 1.91 bits per heavy atom. The lowest BCUT2D eigenvalue weighted by atomic mass is 10.1. The van der Waals surface area contributed by atoms with Gasteiger partial charge in [-0.25, -0.2) is 0 Å². The summed E-state index contributed by atoms with van der Waals surface area (Å²) < 4.78 is 17.3. The molecule has 3 unspecified atom stereocenters. The van der Waals surface area contributed by atoms with Crippen LogP contribution in [0, 0.1) is 17.8 Å². The van der Waals surface area contributed by atoms with E-state index in [-0.39, 0.29) is 0 Å². The first-order valence-corrected chi connectivity index (χ1v) is 9.51. The Hall–Kier alpha value is -1.72. The molecule has 1 saturated carbocycles. The summed E-state index contributed by atoms with van der Waals surface area (Å²) in [7, 11) is -0.946. The van der Waals surface area contributed by atoms with E-state index in [4.69, 9.17) is 4.74 Å². The standard InChI is InChI=1S/C18H20N2O2S/c1-23(21)14-5-2-12(3-6-14)18-7-4-13(8-20-18)22-11-17-15-9-19-10-16(15)17/h2-8,15-17,19H,9-11H2,1H3. The van der Waals surface area contributed by atoms with E-state index in [2.05, 4.69) is 10.3 Å². The number of benzene rings is 1. The topological polar surface area (TPSA) is 51.2 Å². The molecule has 1 saturated heterocycles. The third-order valence-electron chi connectivity index (χ3n) is 4.93. The fraction of sp³-hybridized carbons (Fsp3) is 0.389. The van der Waals surface area contributed by atoms with Crippen LogP contribution >= 0.6 is 0 Å². The van der Waals surface area contributed by atoms with Crippen molar-refractivity contribution in [3.05, 3.63) is 42.6 Å². The van der Waals surface area contributed by atoms with E-state index in [1.165, 1.54) is 0 Å². The zero-order chi connectivity index (χ0) is 15.8. The van der Waals surface area contributed by atoms with Gasteiger partial charge in [0.25, 0.3) is 0 Å². The van der Waals surface area contributed by atoms with Gasteiger partial charge in [-0.1, -0.05) is 12.1 Å². The normalized spacial score (nSPS) is 26.6. The van der Waals surface area contributed by atoms with E-state index in [0.717, 1.165) is 59.4 Å². The van der Waals surface area contributed by atoms with Crippen molar-refractivity contribution in [2.24, 2.45) is 17.8 Å². The Balaban J connectivity index is 1.38. The van der Waals surface area contributed by atoms with Crippen LogP contribution in [0.3, 0.4) is 0 Å². The van der Waals surface area contributed by atoms with Crippen LogP contribution in [0.15, 0.2) is 47.5 Å². The molecular weight excluding hydrogens is 308 g/mol. The minimum atomic E-state index is -0.946. The Morgan fingerprint density at radius 3 is 2.52 bits per heavy atom. The molecule has 0 amide bonds. The van der Waals surface area contributed by atoms with Crippen molar-refractivity contribution >= 4 is 10.8 Å². The van der Waals surface area contributed by atoms with Crippen LogP contribution in [0.5, 0.6) is 5.75 Å². The molecule has 1 aromatic heterocycles. The zero-order valence-corrected chi connectivity index (χ0v) is 13.9. The molecule has 1 aromatic carbocycles. The van der Waals surface area contributed by atoms with Gasteiger partial charge in [0.05, 0.1) is 18.5 Å². The van der Waals surface area contributed by atoms with Gasteiger partial charge in [-0.05, 0) is 49.2 Å². The van der Waals surface area contributed by atoms with Gasteiger partial charge >= 0.3 is 0 Å². The van der Waals surface area contributed by atoms with Crippen molar-refractivity contribution in [2.75, 3.05) is 26.0 Å².